The van der Waals surface area contributed by atoms with Gasteiger partial charge in [0.15, 0.2) is 0 Å². The number of rotatable bonds is 7. The Morgan fingerprint density at radius 3 is 2.56 bits per heavy atom. The highest BCUT2D eigenvalue weighted by molar-refractivity contribution is 5.82. The lowest BCUT2D eigenvalue weighted by atomic mass is 10.0. The third kappa shape index (κ3) is 4.04. The Morgan fingerprint density at radius 2 is 1.96 bits per heavy atom. The van der Waals surface area contributed by atoms with Gasteiger partial charge in [-0.15, -0.1) is 6.42 Å². The number of aliphatic hydroxyl groups is 4. The van der Waals surface area contributed by atoms with Gasteiger partial charge in [0, 0.05) is 17.1 Å². The van der Waals surface area contributed by atoms with Gasteiger partial charge in [-0.05, 0) is 18.2 Å². The van der Waals surface area contributed by atoms with Gasteiger partial charge in [0.05, 0.1) is 6.61 Å². The second-order valence-electron chi connectivity index (χ2n) is 5.38. The number of aldehydes is 1. The first-order chi connectivity index (χ1) is 11.9. The summed E-state index contributed by atoms with van der Waals surface area (Å²) in [6.07, 6.45) is 0.541. The maximum atomic E-state index is 11.6. The maximum Gasteiger partial charge on any atom is 0.352 e. The monoisotopic (exact) mass is 347 g/mol. The molecule has 5 N–H and O–H groups in total. The van der Waals surface area contributed by atoms with E-state index in [1.807, 2.05) is 0 Å². The molecule has 0 amide bonds. The van der Waals surface area contributed by atoms with Crippen molar-refractivity contribution in [2.75, 3.05) is 11.9 Å². The number of benzene rings is 1. The summed E-state index contributed by atoms with van der Waals surface area (Å²) in [5, 5.41) is 41.0. The number of carbonyl (C=O) groups is 1. The van der Waals surface area contributed by atoms with Crippen molar-refractivity contribution in [1.82, 2.24) is 0 Å². The molecule has 0 fully saturated rings. The zero-order valence-electron chi connectivity index (χ0n) is 13.0. The molecule has 0 aliphatic rings. The number of anilines is 1. The third-order valence-electron chi connectivity index (χ3n) is 3.67. The molecule has 1 aromatic carbocycles. The van der Waals surface area contributed by atoms with Crippen LogP contribution in [0.1, 0.15) is 5.56 Å². The Kier molecular flexibility index (Phi) is 5.90. The lowest BCUT2D eigenvalue weighted by Gasteiger charge is -2.26. The summed E-state index contributed by atoms with van der Waals surface area (Å²) in [5.74, 6) is 2.21. The van der Waals surface area contributed by atoms with Gasteiger partial charge in [-0.2, -0.15) is 0 Å². The Morgan fingerprint density at radius 1 is 1.24 bits per heavy atom. The van der Waals surface area contributed by atoms with Gasteiger partial charge in [0.2, 0.25) is 0 Å². The molecule has 0 radical (unpaired) electrons. The quantitative estimate of drug-likeness (QED) is 0.240. The third-order valence-corrected chi connectivity index (χ3v) is 3.67. The molecule has 0 bridgehead atoms. The van der Waals surface area contributed by atoms with Crippen LogP contribution < -0.4 is 10.9 Å². The van der Waals surface area contributed by atoms with Crippen molar-refractivity contribution >= 4 is 22.9 Å². The lowest BCUT2D eigenvalue weighted by Crippen LogP contribution is -2.49. The fourth-order valence-corrected chi connectivity index (χ4v) is 2.24. The molecular weight excluding hydrogens is 330 g/mol. The molecule has 0 spiro atoms. The molecule has 0 saturated carbocycles. The summed E-state index contributed by atoms with van der Waals surface area (Å²) in [6.45, 7) is -0.775. The smallest absolute Gasteiger partial charge is 0.352 e. The van der Waals surface area contributed by atoms with Gasteiger partial charge in [-0.3, -0.25) is 0 Å². The Bertz CT molecular complexity index is 854. The molecule has 1 aromatic heterocycles. The van der Waals surface area contributed by atoms with Crippen LogP contribution in [-0.2, 0) is 4.79 Å². The first kappa shape index (κ1) is 18.6. The standard InChI is InChI=1S/C17H17NO7/c1-2-9-5-10-3-4-11(6-14(10)25-17(9)24)18-12(7-19)15(22)16(23)13(21)8-20/h1,3-7,12-13,15-16,18,20-23H,8H2/t12-,13+,15+,16+/m1/s1. The van der Waals surface area contributed by atoms with Crippen molar-refractivity contribution in [3.8, 4) is 12.3 Å². The largest absolute Gasteiger partial charge is 0.422 e. The molecule has 132 valence electrons. The molecule has 4 atom stereocenters. The van der Waals surface area contributed by atoms with Crippen molar-refractivity contribution in [3.05, 3.63) is 40.2 Å². The summed E-state index contributed by atoms with van der Waals surface area (Å²) in [6, 6.07) is 4.79. The predicted molar refractivity (Wildman–Crippen MR) is 89.0 cm³/mol. The second-order valence-corrected chi connectivity index (χ2v) is 5.38. The van der Waals surface area contributed by atoms with Crippen molar-refractivity contribution in [2.24, 2.45) is 0 Å². The minimum absolute atomic E-state index is 0.0792. The van der Waals surface area contributed by atoms with Gasteiger partial charge in [-0.1, -0.05) is 5.92 Å². The lowest BCUT2D eigenvalue weighted by molar-refractivity contribution is -0.117. The van der Waals surface area contributed by atoms with Gasteiger partial charge < -0.3 is 35.0 Å². The van der Waals surface area contributed by atoms with Crippen molar-refractivity contribution in [2.45, 2.75) is 24.4 Å². The van der Waals surface area contributed by atoms with E-state index in [1.54, 1.807) is 12.1 Å². The number of hydrogen-bond acceptors (Lipinski definition) is 8. The van der Waals surface area contributed by atoms with Crippen molar-refractivity contribution in [3.63, 3.8) is 0 Å². The van der Waals surface area contributed by atoms with Crippen LogP contribution in [0.2, 0.25) is 0 Å². The molecule has 8 heteroatoms. The topological polar surface area (TPSA) is 140 Å². The molecule has 2 rings (SSSR count). The van der Waals surface area contributed by atoms with Gasteiger partial charge in [0.25, 0.3) is 0 Å². The Labute approximate surface area is 142 Å². The van der Waals surface area contributed by atoms with Crippen LogP contribution in [0.5, 0.6) is 0 Å². The minimum atomic E-state index is -1.73. The van der Waals surface area contributed by atoms with E-state index >= 15 is 0 Å². The highest BCUT2D eigenvalue weighted by atomic mass is 16.4. The molecule has 25 heavy (non-hydrogen) atoms. The number of terminal acetylenes is 1. The molecule has 2 aromatic rings. The molecule has 0 aliphatic carbocycles. The molecule has 0 aliphatic heterocycles. The fourth-order valence-electron chi connectivity index (χ4n) is 2.24. The van der Waals surface area contributed by atoms with E-state index < -0.39 is 36.6 Å². The second kappa shape index (κ2) is 7.92. The van der Waals surface area contributed by atoms with E-state index in [4.69, 9.17) is 15.9 Å². The highest BCUT2D eigenvalue weighted by Crippen LogP contribution is 2.20. The van der Waals surface area contributed by atoms with Crippen LogP contribution in [0, 0.1) is 12.3 Å². The van der Waals surface area contributed by atoms with Crippen molar-refractivity contribution < 1.29 is 29.6 Å². The molecule has 1 heterocycles. The van der Waals surface area contributed by atoms with Crippen LogP contribution in [0.3, 0.4) is 0 Å². The van der Waals surface area contributed by atoms with E-state index in [9.17, 15) is 24.9 Å². The van der Waals surface area contributed by atoms with Gasteiger partial charge >= 0.3 is 5.63 Å². The summed E-state index contributed by atoms with van der Waals surface area (Å²) in [7, 11) is 0. The Balaban J connectivity index is 2.27. The van der Waals surface area contributed by atoms with E-state index in [-0.39, 0.29) is 11.1 Å². The number of nitrogens with one attached hydrogen (secondary N) is 1. The van der Waals surface area contributed by atoms with Crippen LogP contribution in [0.4, 0.5) is 5.69 Å². The zero-order valence-corrected chi connectivity index (χ0v) is 13.0. The summed E-state index contributed by atoms with van der Waals surface area (Å²) >= 11 is 0. The predicted octanol–water partition coefficient (Wildman–Crippen LogP) is -1.17. The first-order valence-corrected chi connectivity index (χ1v) is 7.32. The summed E-state index contributed by atoms with van der Waals surface area (Å²) in [4.78, 5) is 22.8. The summed E-state index contributed by atoms with van der Waals surface area (Å²) < 4.78 is 5.09. The molecule has 0 saturated heterocycles. The minimum Gasteiger partial charge on any atom is -0.422 e. The average Bonchev–Trinajstić information content (AvgIpc) is 2.63. The van der Waals surface area contributed by atoms with Crippen LogP contribution in [0.15, 0.2) is 33.5 Å². The molecular formula is C17H17NO7. The van der Waals surface area contributed by atoms with E-state index in [1.165, 1.54) is 12.1 Å². The first-order valence-electron chi connectivity index (χ1n) is 7.32. The normalized spacial score (nSPS) is 15.8. The van der Waals surface area contributed by atoms with Crippen molar-refractivity contribution in [1.29, 1.82) is 0 Å². The van der Waals surface area contributed by atoms with Crippen LogP contribution >= 0.6 is 0 Å². The summed E-state index contributed by atoms with van der Waals surface area (Å²) in [5.41, 5.74) is -0.0637. The Hall–Kier alpha value is -2.70. The molecule has 8 nitrogen and oxygen atoms in total. The maximum absolute atomic E-state index is 11.6. The van der Waals surface area contributed by atoms with E-state index in [0.29, 0.717) is 17.4 Å². The number of fused-ring (bicyclic) bond motifs is 1. The number of hydrogen-bond donors (Lipinski definition) is 5. The van der Waals surface area contributed by atoms with E-state index in [2.05, 4.69) is 11.2 Å². The molecule has 0 unspecified atom stereocenters. The van der Waals surface area contributed by atoms with Crippen LogP contribution in [0.25, 0.3) is 11.0 Å². The SMILES string of the molecule is C#Cc1cc2ccc(N[C@H](C=O)[C@H](O)[C@@H](O)[C@@H](O)CO)cc2oc1=O. The zero-order chi connectivity index (χ0) is 18.6. The van der Waals surface area contributed by atoms with Gasteiger partial charge in [0.1, 0.15) is 41.8 Å². The van der Waals surface area contributed by atoms with Crippen LogP contribution in [-0.4, -0.2) is 57.7 Å². The number of aliphatic hydroxyl groups excluding tert-OH is 4. The average molecular weight is 347 g/mol. The highest BCUT2D eigenvalue weighted by Gasteiger charge is 2.31. The van der Waals surface area contributed by atoms with E-state index in [0.717, 1.165) is 0 Å². The fraction of sp³-hybridized carbons (Fsp3) is 0.294. The van der Waals surface area contributed by atoms with Gasteiger partial charge in [-0.25, -0.2) is 4.79 Å². The number of carbonyl (C=O) groups excluding carboxylic acids is 1.